The lowest BCUT2D eigenvalue weighted by Crippen LogP contribution is -2.48. The highest BCUT2D eigenvalue weighted by Crippen LogP contribution is 2.43. The van der Waals surface area contributed by atoms with Crippen LogP contribution in [0.3, 0.4) is 0 Å². The number of likely N-dealkylation sites (N-methyl/N-ethyl adjacent to an activating group) is 2. The third-order valence-electron chi connectivity index (χ3n) is 7.01. The van der Waals surface area contributed by atoms with Crippen LogP contribution in [0.15, 0.2) is 0 Å². The predicted octanol–water partition coefficient (Wildman–Crippen LogP) is 3.27. The summed E-state index contributed by atoms with van der Waals surface area (Å²) in [6.07, 6.45) is 0. The van der Waals surface area contributed by atoms with Crippen molar-refractivity contribution in [2.24, 2.45) is 5.41 Å². The van der Waals surface area contributed by atoms with Crippen LogP contribution >= 0.6 is 0 Å². The van der Waals surface area contributed by atoms with Crippen LogP contribution in [0.4, 0.5) is 0 Å². The molecule has 0 aromatic rings. The molecule has 0 aliphatic carbocycles. The molecule has 0 amide bonds. The second-order valence-corrected chi connectivity index (χ2v) is 9.70. The Hall–Kier alpha value is -1.06. The first-order valence-electron chi connectivity index (χ1n) is 8.61. The third-order valence-corrected chi connectivity index (χ3v) is 7.01. The van der Waals surface area contributed by atoms with Crippen LogP contribution in [-0.4, -0.2) is 57.3 Å². The van der Waals surface area contributed by atoms with E-state index < -0.39 is 0 Å². The molecule has 2 rings (SSSR count). The Morgan fingerprint density at radius 1 is 0.652 bits per heavy atom. The second-order valence-electron chi connectivity index (χ2n) is 9.70. The van der Waals surface area contributed by atoms with E-state index in [-0.39, 0.29) is 27.7 Å². The molecule has 4 nitrogen and oxygen atoms in total. The van der Waals surface area contributed by atoms with Crippen LogP contribution in [0.5, 0.6) is 0 Å². The average molecular weight is 325 g/mol. The molecule has 0 fully saturated rings. The molecule has 0 aromatic carbocycles. The van der Waals surface area contributed by atoms with Crippen LogP contribution in [0.25, 0.3) is 0 Å². The van der Waals surface area contributed by atoms with Gasteiger partial charge in [-0.25, -0.2) is 0 Å². The monoisotopic (exact) mass is 324 g/mol. The number of ether oxygens (including phenoxy) is 2. The largest absolute Gasteiger partial charge is 0.434 e. The summed E-state index contributed by atoms with van der Waals surface area (Å²) >= 11 is 0. The van der Waals surface area contributed by atoms with E-state index in [1.807, 2.05) is 0 Å². The Balaban J connectivity index is 2.58. The molecule has 0 aromatic heterocycles. The zero-order valence-corrected chi connectivity index (χ0v) is 17.2. The number of hydrogen-bond donors (Lipinski definition) is 0. The number of hydrogen-bond acceptors (Lipinski definition) is 2. The Morgan fingerprint density at radius 3 is 1.09 bits per heavy atom. The molecule has 132 valence electrons. The molecule has 0 radical (unpaired) electrons. The van der Waals surface area contributed by atoms with Gasteiger partial charge in [0.1, 0.15) is 14.1 Å². The standard InChI is InChI=1S/C19H36N2O2/c1-15(2,13-20(11)16(3,4)18(7,8)22-13)14-21(12)17(5,6)19(9,10)23-14/h1-12H3/q+2. The van der Waals surface area contributed by atoms with Crippen molar-refractivity contribution >= 4 is 11.8 Å². The Bertz CT molecular complexity index is 553. The molecule has 0 atom stereocenters. The third kappa shape index (κ3) is 2.16. The molecule has 0 bridgehead atoms. The number of nitrogens with zero attached hydrogens (tertiary/aromatic N) is 2. The van der Waals surface area contributed by atoms with E-state index in [0.29, 0.717) is 0 Å². The van der Waals surface area contributed by atoms with Crippen molar-refractivity contribution in [3.63, 3.8) is 0 Å². The van der Waals surface area contributed by atoms with E-state index in [0.717, 1.165) is 11.8 Å². The van der Waals surface area contributed by atoms with E-state index in [1.165, 1.54) is 0 Å². The minimum absolute atomic E-state index is 0.0810. The van der Waals surface area contributed by atoms with Gasteiger partial charge in [-0.1, -0.05) is 0 Å². The highest BCUT2D eigenvalue weighted by molar-refractivity contribution is 6.01. The Labute approximate surface area is 142 Å². The predicted molar refractivity (Wildman–Crippen MR) is 94.6 cm³/mol. The van der Waals surface area contributed by atoms with Crippen molar-refractivity contribution in [3.8, 4) is 0 Å². The van der Waals surface area contributed by atoms with Crippen LogP contribution in [0.2, 0.25) is 0 Å². The smallest absolute Gasteiger partial charge is 0.357 e. The maximum atomic E-state index is 6.45. The highest BCUT2D eigenvalue weighted by Gasteiger charge is 2.66. The van der Waals surface area contributed by atoms with Crippen LogP contribution in [-0.2, 0) is 9.47 Å². The first-order valence-corrected chi connectivity index (χ1v) is 8.61. The quantitative estimate of drug-likeness (QED) is 0.728. The zero-order chi connectivity index (χ0) is 18.2. The molecule has 23 heavy (non-hydrogen) atoms. The lowest BCUT2D eigenvalue weighted by Gasteiger charge is -2.28. The fraction of sp³-hybridized carbons (Fsp3) is 0.895. The fourth-order valence-corrected chi connectivity index (χ4v) is 3.37. The van der Waals surface area contributed by atoms with Gasteiger partial charge < -0.3 is 9.47 Å². The van der Waals surface area contributed by atoms with Gasteiger partial charge in [0.15, 0.2) is 22.3 Å². The van der Waals surface area contributed by atoms with E-state index in [4.69, 9.17) is 9.47 Å². The molecule has 2 heterocycles. The molecule has 0 unspecified atom stereocenters. The SMILES string of the molecule is C[N+]1=C(C(C)(C)C2=[N+](C)C(C)(C)C(C)(C)O2)OC(C)(C)C1(C)C. The van der Waals surface area contributed by atoms with E-state index in [1.54, 1.807) is 0 Å². The molecule has 2 aliphatic heterocycles. The van der Waals surface area contributed by atoms with Crippen molar-refractivity contribution in [2.45, 2.75) is 91.5 Å². The van der Waals surface area contributed by atoms with E-state index in [2.05, 4.69) is 92.5 Å². The lowest BCUT2D eigenvalue weighted by molar-refractivity contribution is -0.581. The summed E-state index contributed by atoms with van der Waals surface area (Å²) in [5.74, 6) is 1.95. The first-order chi connectivity index (χ1) is 10.00. The first kappa shape index (κ1) is 18.3. The normalized spacial score (nSPS) is 28.0. The van der Waals surface area contributed by atoms with Gasteiger partial charge in [0, 0.05) is 27.7 Å². The zero-order valence-electron chi connectivity index (χ0n) is 17.2. The summed E-state index contributed by atoms with van der Waals surface area (Å²) in [5, 5.41) is 0. The van der Waals surface area contributed by atoms with Crippen molar-refractivity contribution in [2.75, 3.05) is 14.1 Å². The van der Waals surface area contributed by atoms with Gasteiger partial charge in [-0.2, -0.15) is 9.15 Å². The molecule has 0 saturated carbocycles. The maximum Gasteiger partial charge on any atom is 0.357 e. The van der Waals surface area contributed by atoms with Gasteiger partial charge in [-0.3, -0.25) is 0 Å². The molecule has 4 heteroatoms. The van der Waals surface area contributed by atoms with Gasteiger partial charge in [0.2, 0.25) is 5.41 Å². The van der Waals surface area contributed by atoms with Gasteiger partial charge in [0.05, 0.1) is 0 Å². The maximum absolute atomic E-state index is 6.45. The number of rotatable bonds is 2. The minimum atomic E-state index is -0.334. The van der Waals surface area contributed by atoms with E-state index >= 15 is 0 Å². The highest BCUT2D eigenvalue weighted by atomic mass is 16.5. The Kier molecular flexibility index (Phi) is 3.59. The second kappa shape index (κ2) is 4.52. The molecule has 0 saturated heterocycles. The van der Waals surface area contributed by atoms with Gasteiger partial charge in [-0.05, 0) is 41.5 Å². The molecule has 0 spiro atoms. The van der Waals surface area contributed by atoms with E-state index in [9.17, 15) is 0 Å². The van der Waals surface area contributed by atoms with Gasteiger partial charge in [0.25, 0.3) is 0 Å². The van der Waals surface area contributed by atoms with Crippen LogP contribution in [0, 0.1) is 5.41 Å². The van der Waals surface area contributed by atoms with Gasteiger partial charge in [-0.15, -0.1) is 0 Å². The molecular formula is C19H36N2O2+2. The summed E-state index contributed by atoms with van der Waals surface area (Å²) in [6, 6.07) is 0. The van der Waals surface area contributed by atoms with Crippen molar-refractivity contribution < 1.29 is 18.6 Å². The summed E-state index contributed by atoms with van der Waals surface area (Å²) in [5.41, 5.74) is -1.00. The topological polar surface area (TPSA) is 24.5 Å². The minimum Gasteiger partial charge on any atom is -0.434 e. The lowest BCUT2D eigenvalue weighted by atomic mass is 9.86. The van der Waals surface area contributed by atoms with Crippen LogP contribution in [0.1, 0.15) is 69.2 Å². The Morgan fingerprint density at radius 2 is 0.913 bits per heavy atom. The average Bonchev–Trinajstić information content (AvgIpc) is 2.64. The molecule has 2 aliphatic rings. The summed E-state index contributed by atoms with van der Waals surface area (Å²) < 4.78 is 17.5. The summed E-state index contributed by atoms with van der Waals surface area (Å²) in [7, 11) is 4.25. The van der Waals surface area contributed by atoms with Gasteiger partial charge >= 0.3 is 11.8 Å². The fourth-order valence-electron chi connectivity index (χ4n) is 3.37. The van der Waals surface area contributed by atoms with Crippen molar-refractivity contribution in [1.82, 2.24) is 0 Å². The molecular weight excluding hydrogens is 288 g/mol. The van der Waals surface area contributed by atoms with Crippen molar-refractivity contribution in [3.05, 3.63) is 0 Å². The van der Waals surface area contributed by atoms with Crippen molar-refractivity contribution in [1.29, 1.82) is 0 Å². The molecule has 0 N–H and O–H groups in total. The summed E-state index contributed by atoms with van der Waals surface area (Å²) in [6.45, 7) is 21.9. The summed E-state index contributed by atoms with van der Waals surface area (Å²) in [4.78, 5) is 0. The van der Waals surface area contributed by atoms with Crippen LogP contribution < -0.4 is 0 Å².